The van der Waals surface area contributed by atoms with Gasteiger partial charge in [-0.3, -0.25) is 0 Å². The van der Waals surface area contributed by atoms with Crippen LogP contribution in [0.2, 0.25) is 0 Å². The van der Waals surface area contributed by atoms with E-state index < -0.39 is 0 Å². The van der Waals surface area contributed by atoms with Gasteiger partial charge in [0.2, 0.25) is 0 Å². The molecule has 1 aromatic rings. The van der Waals surface area contributed by atoms with Crippen molar-refractivity contribution in [2.75, 3.05) is 0 Å². The summed E-state index contributed by atoms with van der Waals surface area (Å²) >= 11 is 0. The van der Waals surface area contributed by atoms with Crippen molar-refractivity contribution < 1.29 is 4.74 Å². The molecule has 0 aromatic heterocycles. The molecule has 1 aromatic carbocycles. The molecule has 3 atom stereocenters. The molecule has 0 amide bonds. The van der Waals surface area contributed by atoms with Gasteiger partial charge in [0.1, 0.15) is 11.4 Å². The second-order valence-corrected chi connectivity index (χ2v) is 13.4. The van der Waals surface area contributed by atoms with Gasteiger partial charge in [0.15, 0.2) is 0 Å². The van der Waals surface area contributed by atoms with Crippen LogP contribution in [-0.2, 0) is 6.42 Å². The van der Waals surface area contributed by atoms with Crippen LogP contribution in [0.25, 0.3) is 0 Å². The van der Waals surface area contributed by atoms with Gasteiger partial charge in [-0.25, -0.2) is 0 Å². The molecule has 0 spiro atoms. The molecule has 0 fully saturated rings. The van der Waals surface area contributed by atoms with E-state index in [1.807, 2.05) is 13.8 Å². The van der Waals surface area contributed by atoms with E-state index >= 15 is 0 Å². The van der Waals surface area contributed by atoms with E-state index in [4.69, 9.17) is 4.74 Å². The summed E-state index contributed by atoms with van der Waals surface area (Å²) in [6, 6.07) is 0. The lowest BCUT2D eigenvalue weighted by molar-refractivity contribution is 0.0513. The molecule has 0 bridgehead atoms. The summed E-state index contributed by atoms with van der Waals surface area (Å²) in [5.74, 6) is 4.64. The number of hydrogen-bond donors (Lipinski definition) is 0. The van der Waals surface area contributed by atoms with E-state index in [9.17, 15) is 0 Å². The molecule has 1 aliphatic rings. The second kappa shape index (κ2) is 18.3. The normalized spacial score (nSPS) is 18.3. The maximum Gasteiger partial charge on any atom is 0.126 e. The maximum absolute atomic E-state index is 6.72. The first-order valence-corrected chi connectivity index (χ1v) is 16.1. The third kappa shape index (κ3) is 13.6. The molecule has 1 heterocycles. The quantitative estimate of drug-likeness (QED) is 0.268. The minimum absolute atomic E-state index is 0.0105. The highest BCUT2D eigenvalue weighted by molar-refractivity contribution is 5.55. The van der Waals surface area contributed by atoms with Crippen molar-refractivity contribution in [3.63, 3.8) is 0 Å². The lowest BCUT2D eigenvalue weighted by Gasteiger charge is -2.38. The Morgan fingerprint density at radius 2 is 1.08 bits per heavy atom. The summed E-state index contributed by atoms with van der Waals surface area (Å²) in [6.45, 7) is 31.5. The third-order valence-corrected chi connectivity index (χ3v) is 8.28. The minimum Gasteiger partial charge on any atom is -0.487 e. The summed E-state index contributed by atoms with van der Waals surface area (Å²) in [4.78, 5) is 0. The number of ether oxygens (including phenoxy) is 1. The first-order chi connectivity index (χ1) is 17.3. The smallest absolute Gasteiger partial charge is 0.126 e. The molecule has 0 saturated heterocycles. The van der Waals surface area contributed by atoms with E-state index in [1.54, 1.807) is 0 Å². The predicted molar refractivity (Wildman–Crippen MR) is 169 cm³/mol. The molecule has 0 aliphatic carbocycles. The van der Waals surface area contributed by atoms with Crippen molar-refractivity contribution in [1.82, 2.24) is 0 Å². The monoisotopic (exact) mass is 517 g/mol. The van der Waals surface area contributed by atoms with Gasteiger partial charge in [-0.1, -0.05) is 107 Å². The van der Waals surface area contributed by atoms with Gasteiger partial charge < -0.3 is 4.74 Å². The van der Waals surface area contributed by atoms with Crippen LogP contribution < -0.4 is 4.74 Å². The second-order valence-electron chi connectivity index (χ2n) is 13.4. The summed E-state index contributed by atoms with van der Waals surface area (Å²) in [5, 5.41) is 0. The molecular weight excluding hydrogens is 448 g/mol. The minimum atomic E-state index is 0.0105. The molecule has 0 saturated carbocycles. The van der Waals surface area contributed by atoms with Gasteiger partial charge in [0.25, 0.3) is 0 Å². The van der Waals surface area contributed by atoms with Crippen molar-refractivity contribution in [1.29, 1.82) is 0 Å². The van der Waals surface area contributed by atoms with Crippen LogP contribution in [0.3, 0.4) is 0 Å². The van der Waals surface area contributed by atoms with Gasteiger partial charge in [-0.15, -0.1) is 0 Å². The Kier molecular flexibility index (Phi) is 17.8. The van der Waals surface area contributed by atoms with Crippen molar-refractivity contribution in [3.8, 4) is 5.75 Å². The SMILES string of the molecule is CC.CC(C)C.Cc1c(C)c(C)c2c(c1C)CCC(C)(CCCC(C)CCCC(C)CCCC(C)C)O2. The average Bonchev–Trinajstić information content (AvgIpc) is 2.82. The molecule has 1 aliphatic heterocycles. The molecule has 0 radical (unpaired) electrons. The first kappa shape index (κ1) is 36.0. The molecular formula is C36H68O. The zero-order chi connectivity index (χ0) is 28.8. The fraction of sp³-hybridized carbons (Fsp3) is 0.833. The Bertz CT molecular complexity index is 741. The number of fused-ring (bicyclic) bond motifs is 1. The fourth-order valence-corrected chi connectivity index (χ4v) is 5.46. The molecule has 37 heavy (non-hydrogen) atoms. The molecule has 3 unspecified atom stereocenters. The van der Waals surface area contributed by atoms with Crippen molar-refractivity contribution in [3.05, 3.63) is 27.8 Å². The Morgan fingerprint density at radius 3 is 1.57 bits per heavy atom. The summed E-state index contributed by atoms with van der Waals surface area (Å²) in [6.07, 6.45) is 14.6. The van der Waals surface area contributed by atoms with Crippen LogP contribution in [-0.4, -0.2) is 5.60 Å². The van der Waals surface area contributed by atoms with Crippen molar-refractivity contribution in [2.45, 2.75) is 173 Å². The average molecular weight is 517 g/mol. The summed E-state index contributed by atoms with van der Waals surface area (Å²) < 4.78 is 6.72. The molecule has 1 nitrogen and oxygen atoms in total. The lowest BCUT2D eigenvalue weighted by Crippen LogP contribution is -2.37. The predicted octanol–water partition coefficient (Wildman–Crippen LogP) is 12.1. The number of benzene rings is 1. The van der Waals surface area contributed by atoms with Gasteiger partial charge in [-0.2, -0.15) is 0 Å². The Hall–Kier alpha value is -0.980. The zero-order valence-electron chi connectivity index (χ0n) is 28.0. The highest BCUT2D eigenvalue weighted by Gasteiger charge is 2.33. The standard InChI is InChI=1S/C30H52O.C4H10.C2H6/c1-21(2)13-10-14-22(3)15-11-16-23(4)17-12-19-30(9)20-18-28-26(7)24(5)25(6)27(8)29(28)31-30;1-4(2)3;1-2/h21-23H,10-20H2,1-9H3;4H,1-3H3;1-2H3. The maximum atomic E-state index is 6.72. The van der Waals surface area contributed by atoms with Gasteiger partial charge >= 0.3 is 0 Å². The van der Waals surface area contributed by atoms with Crippen LogP contribution >= 0.6 is 0 Å². The Morgan fingerprint density at radius 1 is 0.649 bits per heavy atom. The van der Waals surface area contributed by atoms with E-state index in [-0.39, 0.29) is 5.60 Å². The van der Waals surface area contributed by atoms with Crippen LogP contribution in [0.4, 0.5) is 0 Å². The van der Waals surface area contributed by atoms with Crippen LogP contribution in [0.1, 0.15) is 161 Å². The third-order valence-electron chi connectivity index (χ3n) is 8.28. The number of rotatable bonds is 12. The molecule has 218 valence electrons. The largest absolute Gasteiger partial charge is 0.487 e. The molecule has 0 N–H and O–H groups in total. The first-order valence-electron chi connectivity index (χ1n) is 16.1. The van der Waals surface area contributed by atoms with Gasteiger partial charge in [0, 0.05) is 0 Å². The number of hydrogen-bond acceptors (Lipinski definition) is 1. The highest BCUT2D eigenvalue weighted by Crippen LogP contribution is 2.42. The van der Waals surface area contributed by atoms with E-state index in [1.165, 1.54) is 97.8 Å². The fourth-order valence-electron chi connectivity index (χ4n) is 5.46. The highest BCUT2D eigenvalue weighted by atomic mass is 16.5. The zero-order valence-corrected chi connectivity index (χ0v) is 28.0. The van der Waals surface area contributed by atoms with Crippen LogP contribution in [0.15, 0.2) is 0 Å². The Labute approximate surface area is 234 Å². The lowest BCUT2D eigenvalue weighted by atomic mass is 9.83. The van der Waals surface area contributed by atoms with Gasteiger partial charge in [0.05, 0.1) is 0 Å². The van der Waals surface area contributed by atoms with Crippen LogP contribution in [0.5, 0.6) is 5.75 Å². The summed E-state index contributed by atoms with van der Waals surface area (Å²) in [5.41, 5.74) is 7.15. The van der Waals surface area contributed by atoms with Crippen molar-refractivity contribution >= 4 is 0 Å². The van der Waals surface area contributed by atoms with E-state index in [0.29, 0.717) is 0 Å². The Balaban J connectivity index is 0.00000196. The van der Waals surface area contributed by atoms with E-state index in [2.05, 4.69) is 83.1 Å². The van der Waals surface area contributed by atoms with Crippen molar-refractivity contribution in [2.24, 2.45) is 23.7 Å². The van der Waals surface area contributed by atoms with Crippen LogP contribution in [0, 0.1) is 51.4 Å². The topological polar surface area (TPSA) is 9.23 Å². The molecule has 1 heteroatoms. The molecule has 2 rings (SSSR count). The van der Waals surface area contributed by atoms with Gasteiger partial charge in [-0.05, 0) is 112 Å². The van der Waals surface area contributed by atoms with E-state index in [0.717, 1.165) is 30.1 Å². The summed E-state index contributed by atoms with van der Waals surface area (Å²) in [7, 11) is 0.